The highest BCUT2D eigenvalue weighted by molar-refractivity contribution is 6.83. The van der Waals surface area contributed by atoms with Crippen LogP contribution in [0.4, 0.5) is 0 Å². The summed E-state index contributed by atoms with van der Waals surface area (Å²) < 4.78 is 0. The van der Waals surface area contributed by atoms with Gasteiger partial charge in [0, 0.05) is 12.0 Å². The van der Waals surface area contributed by atoms with Crippen LogP contribution in [0.15, 0.2) is 35.9 Å². The molecule has 0 aromatic heterocycles. The molecule has 0 N–H and O–H groups in total. The van der Waals surface area contributed by atoms with Crippen LogP contribution in [-0.2, 0) is 12.8 Å². The summed E-state index contributed by atoms with van der Waals surface area (Å²) in [6.07, 6.45) is 4.36. The summed E-state index contributed by atoms with van der Waals surface area (Å²) >= 11 is 0. The van der Waals surface area contributed by atoms with E-state index in [1.165, 1.54) is 16.7 Å². The molecule has 1 heteroatoms. The van der Waals surface area contributed by atoms with Crippen molar-refractivity contribution in [2.45, 2.75) is 32.5 Å². The van der Waals surface area contributed by atoms with Crippen LogP contribution in [0.5, 0.6) is 0 Å². The van der Waals surface area contributed by atoms with Crippen molar-refractivity contribution in [3.8, 4) is 11.5 Å². The zero-order chi connectivity index (χ0) is 11.6. The lowest BCUT2D eigenvalue weighted by atomic mass is 9.92. The average molecular weight is 226 g/mol. The predicted molar refractivity (Wildman–Crippen MR) is 73.1 cm³/mol. The van der Waals surface area contributed by atoms with Gasteiger partial charge < -0.3 is 0 Å². The molecule has 0 nitrogen and oxygen atoms in total. The Labute approximate surface area is 99.4 Å². The first-order valence-electron chi connectivity index (χ1n) is 5.83. The summed E-state index contributed by atoms with van der Waals surface area (Å²) in [4.78, 5) is 0. The van der Waals surface area contributed by atoms with Crippen LogP contribution in [0.25, 0.3) is 0 Å². The number of benzene rings is 1. The Morgan fingerprint density at radius 1 is 1.06 bits per heavy atom. The largest absolute Gasteiger partial charge is 0.129 e. The number of fused-ring (bicyclic) bond motifs is 1. The monoisotopic (exact) mass is 226 g/mol. The fourth-order valence-corrected chi connectivity index (χ4v) is 2.34. The van der Waals surface area contributed by atoms with Gasteiger partial charge in [-0.05, 0) is 17.5 Å². The maximum absolute atomic E-state index is 3.44. The quantitative estimate of drug-likeness (QED) is 0.468. The van der Waals surface area contributed by atoms with Gasteiger partial charge in [-0.1, -0.05) is 55.9 Å². The van der Waals surface area contributed by atoms with Crippen LogP contribution in [0.1, 0.15) is 11.1 Å². The van der Waals surface area contributed by atoms with Gasteiger partial charge in [0.15, 0.2) is 0 Å². The van der Waals surface area contributed by atoms with Gasteiger partial charge in [-0.15, -0.1) is 5.54 Å². The predicted octanol–water partition coefficient (Wildman–Crippen LogP) is 3.59. The SMILES string of the molecule is C[Si](C)(C)C#CC1=CCc2ccccc2C1. The molecule has 2 rings (SSSR count). The summed E-state index contributed by atoms with van der Waals surface area (Å²) in [5.41, 5.74) is 7.66. The lowest BCUT2D eigenvalue weighted by molar-refractivity contribution is 1.06. The van der Waals surface area contributed by atoms with Crippen LogP contribution in [0.3, 0.4) is 0 Å². The van der Waals surface area contributed by atoms with E-state index in [0.717, 1.165) is 12.8 Å². The van der Waals surface area contributed by atoms with Gasteiger partial charge in [-0.2, -0.15) is 0 Å². The number of hydrogen-bond donors (Lipinski definition) is 0. The van der Waals surface area contributed by atoms with Crippen molar-refractivity contribution in [2.75, 3.05) is 0 Å². The highest BCUT2D eigenvalue weighted by atomic mass is 28.3. The Bertz CT molecular complexity index is 478. The molecule has 1 aliphatic rings. The topological polar surface area (TPSA) is 0 Å². The van der Waals surface area contributed by atoms with E-state index in [-0.39, 0.29) is 0 Å². The molecule has 1 aromatic carbocycles. The van der Waals surface area contributed by atoms with E-state index in [1.807, 2.05) is 0 Å². The average Bonchev–Trinajstić information content (AvgIpc) is 2.25. The summed E-state index contributed by atoms with van der Waals surface area (Å²) in [7, 11) is -1.23. The van der Waals surface area contributed by atoms with Gasteiger partial charge in [0.1, 0.15) is 8.07 Å². The van der Waals surface area contributed by atoms with E-state index in [4.69, 9.17) is 0 Å². The van der Waals surface area contributed by atoms with Crippen molar-refractivity contribution in [1.29, 1.82) is 0 Å². The van der Waals surface area contributed by atoms with E-state index < -0.39 is 8.07 Å². The molecule has 0 bridgehead atoms. The zero-order valence-electron chi connectivity index (χ0n) is 10.3. The molecule has 0 radical (unpaired) electrons. The molecule has 0 saturated carbocycles. The van der Waals surface area contributed by atoms with Gasteiger partial charge in [-0.25, -0.2) is 0 Å². The molecule has 0 saturated heterocycles. The molecule has 1 aliphatic carbocycles. The summed E-state index contributed by atoms with van der Waals surface area (Å²) in [5, 5.41) is 0. The molecule has 0 heterocycles. The van der Waals surface area contributed by atoms with Gasteiger partial charge >= 0.3 is 0 Å². The molecule has 82 valence electrons. The first-order chi connectivity index (χ1) is 7.54. The fraction of sp³-hybridized carbons (Fsp3) is 0.333. The van der Waals surface area contributed by atoms with Crippen LogP contribution >= 0.6 is 0 Å². The minimum absolute atomic E-state index is 1.02. The van der Waals surface area contributed by atoms with Crippen molar-refractivity contribution in [3.63, 3.8) is 0 Å². The van der Waals surface area contributed by atoms with Crippen LogP contribution in [-0.4, -0.2) is 8.07 Å². The standard InChI is InChI=1S/C15H18Si/c1-16(2,3)11-10-13-8-9-14-6-4-5-7-15(14)12-13/h4-8H,9,12H2,1-3H3. The van der Waals surface area contributed by atoms with E-state index in [2.05, 4.69) is 61.4 Å². The molecule has 0 atom stereocenters. The summed E-state index contributed by atoms with van der Waals surface area (Å²) in [5.74, 6) is 3.38. The second-order valence-corrected chi connectivity index (χ2v) is 10.1. The first kappa shape index (κ1) is 11.2. The molecular weight excluding hydrogens is 208 g/mol. The third kappa shape index (κ3) is 2.87. The highest BCUT2D eigenvalue weighted by Crippen LogP contribution is 2.20. The molecule has 16 heavy (non-hydrogen) atoms. The first-order valence-corrected chi connectivity index (χ1v) is 9.33. The van der Waals surface area contributed by atoms with Crippen molar-refractivity contribution in [3.05, 3.63) is 47.0 Å². The Morgan fingerprint density at radius 2 is 1.75 bits per heavy atom. The summed E-state index contributed by atoms with van der Waals surface area (Å²) in [6.45, 7) is 6.87. The Balaban J connectivity index is 2.18. The Hall–Kier alpha value is -1.26. The third-order valence-electron chi connectivity index (χ3n) is 2.67. The maximum Gasteiger partial charge on any atom is 0.129 e. The van der Waals surface area contributed by atoms with Gasteiger partial charge in [-0.3, -0.25) is 0 Å². The molecule has 1 aromatic rings. The van der Waals surface area contributed by atoms with Gasteiger partial charge in [0.05, 0.1) is 0 Å². The summed E-state index contributed by atoms with van der Waals surface area (Å²) in [6, 6.07) is 8.67. The highest BCUT2D eigenvalue weighted by Gasteiger charge is 2.10. The van der Waals surface area contributed by atoms with Crippen molar-refractivity contribution >= 4 is 8.07 Å². The van der Waals surface area contributed by atoms with Crippen molar-refractivity contribution in [2.24, 2.45) is 0 Å². The van der Waals surface area contributed by atoms with E-state index in [1.54, 1.807) is 0 Å². The number of allylic oxidation sites excluding steroid dienone is 2. The normalized spacial score (nSPS) is 14.6. The zero-order valence-corrected chi connectivity index (χ0v) is 11.3. The van der Waals surface area contributed by atoms with Crippen LogP contribution in [0, 0.1) is 11.5 Å². The molecule has 0 amide bonds. The van der Waals surface area contributed by atoms with E-state index in [0.29, 0.717) is 0 Å². The third-order valence-corrected chi connectivity index (χ3v) is 3.54. The fourth-order valence-electron chi connectivity index (χ4n) is 1.80. The number of hydrogen-bond acceptors (Lipinski definition) is 0. The lowest BCUT2D eigenvalue weighted by Gasteiger charge is -2.13. The van der Waals surface area contributed by atoms with Crippen molar-refractivity contribution < 1.29 is 0 Å². The second-order valence-electron chi connectivity index (χ2n) is 5.38. The Kier molecular flexibility index (Phi) is 3.03. The van der Waals surface area contributed by atoms with Crippen LogP contribution in [0.2, 0.25) is 19.6 Å². The molecule has 0 aliphatic heterocycles. The van der Waals surface area contributed by atoms with Crippen LogP contribution < -0.4 is 0 Å². The molecule has 0 unspecified atom stereocenters. The minimum atomic E-state index is -1.23. The molecule has 0 fully saturated rings. The Morgan fingerprint density at radius 3 is 2.44 bits per heavy atom. The van der Waals surface area contributed by atoms with Crippen molar-refractivity contribution in [1.82, 2.24) is 0 Å². The second kappa shape index (κ2) is 4.31. The molecule has 0 spiro atoms. The maximum atomic E-state index is 3.44. The van der Waals surface area contributed by atoms with Gasteiger partial charge in [0.25, 0.3) is 0 Å². The van der Waals surface area contributed by atoms with E-state index in [9.17, 15) is 0 Å². The molecular formula is C15H18Si. The van der Waals surface area contributed by atoms with E-state index >= 15 is 0 Å². The smallest absolute Gasteiger partial charge is 0.127 e. The lowest BCUT2D eigenvalue weighted by Crippen LogP contribution is -2.16. The van der Waals surface area contributed by atoms with Gasteiger partial charge in [0.2, 0.25) is 0 Å². The number of rotatable bonds is 0. The minimum Gasteiger partial charge on any atom is -0.127 e.